The van der Waals surface area contributed by atoms with E-state index in [1.807, 2.05) is 30.3 Å². The van der Waals surface area contributed by atoms with Crippen LogP contribution in [0.15, 0.2) is 71.5 Å². The smallest absolute Gasteiger partial charge is 0.270 e. The quantitative estimate of drug-likeness (QED) is 0.781. The Balaban J connectivity index is 1.72. The van der Waals surface area contributed by atoms with Crippen molar-refractivity contribution in [2.24, 2.45) is 0 Å². The summed E-state index contributed by atoms with van der Waals surface area (Å²) >= 11 is 0. The number of hydrazine groups is 1. The number of nitrogens with one attached hydrogen (secondary N) is 1. The number of carbonyl (C=O) groups excluding carboxylic acids is 2. The molecule has 0 bridgehead atoms. The number of rotatable bonds is 3. The molecule has 1 N–H and O–H groups in total. The molecule has 2 aromatic carbocycles. The van der Waals surface area contributed by atoms with Gasteiger partial charge in [0.2, 0.25) is 5.95 Å². The maximum atomic E-state index is 12.4. The first-order chi connectivity index (χ1) is 12.6. The van der Waals surface area contributed by atoms with E-state index in [1.165, 1.54) is 10.6 Å². The zero-order valence-electron chi connectivity index (χ0n) is 13.6. The highest BCUT2D eigenvalue weighted by Crippen LogP contribution is 2.21. The average Bonchev–Trinajstić information content (AvgIpc) is 2.99. The molecule has 2 heterocycles. The Morgan fingerprint density at radius 3 is 2.31 bits per heavy atom. The lowest BCUT2D eigenvalue weighted by Gasteiger charge is -2.17. The highest BCUT2D eigenvalue weighted by Gasteiger charge is 2.32. The Hall–Kier alpha value is -3.74. The van der Waals surface area contributed by atoms with Gasteiger partial charge in [-0.05, 0) is 12.1 Å². The van der Waals surface area contributed by atoms with E-state index in [4.69, 9.17) is 0 Å². The monoisotopic (exact) mass is 346 g/mol. The van der Waals surface area contributed by atoms with E-state index in [0.717, 1.165) is 10.6 Å². The zero-order chi connectivity index (χ0) is 18.1. The van der Waals surface area contributed by atoms with E-state index in [2.05, 4.69) is 10.4 Å². The normalized spacial score (nSPS) is 12.8. The van der Waals surface area contributed by atoms with Gasteiger partial charge in [0.25, 0.3) is 17.4 Å². The third-order valence-corrected chi connectivity index (χ3v) is 4.05. The van der Waals surface area contributed by atoms with Crippen LogP contribution in [-0.4, -0.2) is 21.4 Å². The summed E-state index contributed by atoms with van der Waals surface area (Å²) in [6.45, 7) is -0.161. The minimum Gasteiger partial charge on any atom is -0.270 e. The number of fused-ring (bicyclic) bond motifs is 1. The molecule has 26 heavy (non-hydrogen) atoms. The van der Waals surface area contributed by atoms with Crippen LogP contribution in [0.1, 0.15) is 10.4 Å². The standard InChI is InChI=1S/C19H14N4O3/c24-16-11-15(13-7-3-1-4-8-13)20-19-22(16)12-17(25)23(19)21-18(26)14-9-5-2-6-10-14/h1-11H,12H2,(H,21,26). The molecule has 3 aromatic rings. The molecule has 1 aromatic heterocycles. The highest BCUT2D eigenvalue weighted by atomic mass is 16.2. The fourth-order valence-electron chi connectivity index (χ4n) is 2.76. The maximum absolute atomic E-state index is 12.4. The van der Waals surface area contributed by atoms with Crippen LogP contribution >= 0.6 is 0 Å². The van der Waals surface area contributed by atoms with E-state index in [9.17, 15) is 14.4 Å². The van der Waals surface area contributed by atoms with Gasteiger partial charge in [-0.15, -0.1) is 0 Å². The summed E-state index contributed by atoms with van der Waals surface area (Å²) in [6, 6.07) is 19.1. The van der Waals surface area contributed by atoms with Gasteiger partial charge in [0.1, 0.15) is 6.54 Å². The zero-order valence-corrected chi connectivity index (χ0v) is 13.6. The molecular formula is C19H14N4O3. The van der Waals surface area contributed by atoms with Crippen molar-refractivity contribution in [3.05, 3.63) is 82.6 Å². The van der Waals surface area contributed by atoms with Crippen LogP contribution in [-0.2, 0) is 11.3 Å². The highest BCUT2D eigenvalue weighted by molar-refractivity contribution is 6.02. The summed E-state index contributed by atoms with van der Waals surface area (Å²) in [4.78, 5) is 41.5. The summed E-state index contributed by atoms with van der Waals surface area (Å²) in [5.41, 5.74) is 3.78. The molecule has 0 radical (unpaired) electrons. The Kier molecular flexibility index (Phi) is 3.81. The third kappa shape index (κ3) is 2.75. The SMILES string of the molecule is O=C(NN1C(=O)Cn2c1nc(-c1ccccc1)cc2=O)c1ccccc1. The number of nitrogens with zero attached hydrogens (tertiary/aromatic N) is 3. The molecule has 0 unspecified atom stereocenters. The molecule has 0 atom stereocenters. The van der Waals surface area contributed by atoms with Crippen LogP contribution in [0, 0.1) is 0 Å². The predicted molar refractivity (Wildman–Crippen MR) is 95.3 cm³/mol. The number of aromatic nitrogens is 2. The lowest BCUT2D eigenvalue weighted by molar-refractivity contribution is -0.118. The molecule has 0 aliphatic carbocycles. The van der Waals surface area contributed by atoms with Gasteiger partial charge < -0.3 is 0 Å². The largest absolute Gasteiger partial charge is 0.270 e. The van der Waals surface area contributed by atoms with Crippen LogP contribution in [0.25, 0.3) is 11.3 Å². The lowest BCUT2D eigenvalue weighted by atomic mass is 10.1. The number of benzene rings is 2. The van der Waals surface area contributed by atoms with E-state index in [1.54, 1.807) is 30.3 Å². The van der Waals surface area contributed by atoms with E-state index in [0.29, 0.717) is 11.3 Å². The van der Waals surface area contributed by atoms with Crippen LogP contribution in [0.3, 0.4) is 0 Å². The summed E-state index contributed by atoms with van der Waals surface area (Å²) in [5, 5.41) is 1.03. The topological polar surface area (TPSA) is 84.3 Å². The van der Waals surface area contributed by atoms with Crippen molar-refractivity contribution in [1.82, 2.24) is 15.0 Å². The second-order valence-corrected chi connectivity index (χ2v) is 5.77. The second kappa shape index (κ2) is 6.29. The van der Waals surface area contributed by atoms with Crippen molar-refractivity contribution in [3.8, 4) is 11.3 Å². The van der Waals surface area contributed by atoms with Crippen molar-refractivity contribution in [3.63, 3.8) is 0 Å². The summed E-state index contributed by atoms with van der Waals surface area (Å²) < 4.78 is 1.24. The molecular weight excluding hydrogens is 332 g/mol. The number of hydrogen-bond donors (Lipinski definition) is 1. The van der Waals surface area contributed by atoms with Gasteiger partial charge in [0.05, 0.1) is 5.69 Å². The van der Waals surface area contributed by atoms with Gasteiger partial charge in [-0.2, -0.15) is 5.01 Å². The summed E-state index contributed by atoms with van der Waals surface area (Å²) in [6.07, 6.45) is 0. The van der Waals surface area contributed by atoms with Gasteiger partial charge in [0, 0.05) is 17.2 Å². The molecule has 4 rings (SSSR count). The second-order valence-electron chi connectivity index (χ2n) is 5.77. The van der Waals surface area contributed by atoms with Crippen molar-refractivity contribution in [1.29, 1.82) is 0 Å². The number of hydrogen-bond acceptors (Lipinski definition) is 4. The first-order valence-electron chi connectivity index (χ1n) is 8.00. The Labute approximate surface area is 148 Å². The molecule has 0 saturated carbocycles. The number of anilines is 1. The van der Waals surface area contributed by atoms with E-state index < -0.39 is 11.8 Å². The summed E-state index contributed by atoms with van der Waals surface area (Å²) in [5.74, 6) is -0.776. The first kappa shape index (κ1) is 15.8. The van der Waals surface area contributed by atoms with Crippen LogP contribution in [0.2, 0.25) is 0 Å². The van der Waals surface area contributed by atoms with Crippen LogP contribution in [0.4, 0.5) is 5.95 Å². The van der Waals surface area contributed by atoms with Crippen molar-refractivity contribution < 1.29 is 9.59 Å². The lowest BCUT2D eigenvalue weighted by Crippen LogP contribution is -2.44. The van der Waals surface area contributed by atoms with Gasteiger partial charge in [0.15, 0.2) is 0 Å². The molecule has 0 fully saturated rings. The first-order valence-corrected chi connectivity index (χ1v) is 8.00. The van der Waals surface area contributed by atoms with Crippen molar-refractivity contribution in [2.75, 3.05) is 5.01 Å². The predicted octanol–water partition coefficient (Wildman–Crippen LogP) is 1.60. The van der Waals surface area contributed by atoms with Gasteiger partial charge in [-0.25, -0.2) is 4.98 Å². The fourth-order valence-corrected chi connectivity index (χ4v) is 2.76. The molecule has 0 saturated heterocycles. The van der Waals surface area contributed by atoms with E-state index >= 15 is 0 Å². The maximum Gasteiger partial charge on any atom is 0.270 e. The Bertz CT molecular complexity index is 1050. The molecule has 2 amide bonds. The summed E-state index contributed by atoms with van der Waals surface area (Å²) in [7, 11) is 0. The molecule has 7 nitrogen and oxygen atoms in total. The minimum atomic E-state index is -0.452. The van der Waals surface area contributed by atoms with Gasteiger partial charge >= 0.3 is 0 Å². The Morgan fingerprint density at radius 1 is 0.962 bits per heavy atom. The molecule has 0 spiro atoms. The Morgan fingerprint density at radius 2 is 1.62 bits per heavy atom. The molecule has 128 valence electrons. The third-order valence-electron chi connectivity index (χ3n) is 4.05. The average molecular weight is 346 g/mol. The number of amides is 2. The van der Waals surface area contributed by atoms with Crippen LogP contribution < -0.4 is 16.0 Å². The molecule has 1 aliphatic rings. The van der Waals surface area contributed by atoms with Gasteiger partial charge in [-0.1, -0.05) is 48.5 Å². The van der Waals surface area contributed by atoms with Crippen LogP contribution in [0.5, 0.6) is 0 Å². The minimum absolute atomic E-state index is 0.102. The molecule has 7 heteroatoms. The number of carbonyl (C=O) groups is 2. The van der Waals surface area contributed by atoms with E-state index in [-0.39, 0.29) is 18.1 Å². The van der Waals surface area contributed by atoms with Gasteiger partial charge in [-0.3, -0.25) is 24.4 Å². The van der Waals surface area contributed by atoms with Crippen molar-refractivity contribution in [2.45, 2.75) is 6.54 Å². The van der Waals surface area contributed by atoms with Crippen molar-refractivity contribution >= 4 is 17.8 Å². The molecule has 1 aliphatic heterocycles. The fraction of sp³-hybridized carbons (Fsp3) is 0.0526.